The standard InChI is InChI=1S/C40H77O8P/c1-3-5-7-9-11-13-15-17-19-21-23-25-27-29-31-33-35-40(42)48-38(37-47-49(43,44)45)36-46-39(41)34-32-30-28-26-24-22-20-18-16-14-12-10-8-6-4-2/h10,12,38H,3-9,11,13-37H2,1-2H3,(H2,43,44,45)/b12-10+/t38-/m1/s1. The van der Waals surface area contributed by atoms with Crippen LogP contribution in [-0.2, 0) is 28.2 Å². The highest BCUT2D eigenvalue weighted by Gasteiger charge is 2.22. The first kappa shape index (κ1) is 47.8. The topological polar surface area (TPSA) is 119 Å². The summed E-state index contributed by atoms with van der Waals surface area (Å²) in [4.78, 5) is 42.8. The smallest absolute Gasteiger partial charge is 0.462 e. The lowest BCUT2D eigenvalue weighted by Gasteiger charge is -2.18. The van der Waals surface area contributed by atoms with Crippen molar-refractivity contribution < 1.29 is 37.9 Å². The molecule has 1 atom stereocenters. The fourth-order valence-corrected chi connectivity index (χ4v) is 6.30. The van der Waals surface area contributed by atoms with Gasteiger partial charge < -0.3 is 19.3 Å². The molecule has 49 heavy (non-hydrogen) atoms. The minimum atomic E-state index is -4.75. The van der Waals surface area contributed by atoms with Gasteiger partial charge >= 0.3 is 19.8 Å². The number of hydrogen-bond donors (Lipinski definition) is 2. The molecule has 290 valence electrons. The normalized spacial score (nSPS) is 12.5. The highest BCUT2D eigenvalue weighted by Crippen LogP contribution is 2.36. The van der Waals surface area contributed by atoms with Gasteiger partial charge in [0.1, 0.15) is 6.61 Å². The Hall–Kier alpha value is -1.21. The summed E-state index contributed by atoms with van der Waals surface area (Å²) >= 11 is 0. The monoisotopic (exact) mass is 717 g/mol. The summed E-state index contributed by atoms with van der Waals surface area (Å²) in [5.74, 6) is -0.876. The molecule has 0 saturated heterocycles. The average Bonchev–Trinajstić information content (AvgIpc) is 3.07. The van der Waals surface area contributed by atoms with Crippen LogP contribution in [0.1, 0.15) is 213 Å². The van der Waals surface area contributed by atoms with Gasteiger partial charge in [-0.15, -0.1) is 0 Å². The van der Waals surface area contributed by atoms with Crippen LogP contribution < -0.4 is 0 Å². The maximum atomic E-state index is 12.4. The third-order valence-electron chi connectivity index (χ3n) is 9.03. The van der Waals surface area contributed by atoms with Crippen LogP contribution in [0.5, 0.6) is 0 Å². The van der Waals surface area contributed by atoms with Crippen LogP contribution in [0.3, 0.4) is 0 Å². The Kier molecular flexibility index (Phi) is 35.7. The van der Waals surface area contributed by atoms with E-state index in [1.807, 2.05) is 0 Å². The van der Waals surface area contributed by atoms with Gasteiger partial charge in [-0.1, -0.05) is 180 Å². The molecular formula is C40H77O8P. The Morgan fingerprint density at radius 1 is 0.510 bits per heavy atom. The van der Waals surface area contributed by atoms with Crippen molar-refractivity contribution in [1.82, 2.24) is 0 Å². The average molecular weight is 717 g/mol. The van der Waals surface area contributed by atoms with Gasteiger partial charge in [-0.25, -0.2) is 4.57 Å². The molecule has 0 unspecified atom stereocenters. The van der Waals surface area contributed by atoms with Crippen molar-refractivity contribution in [3.63, 3.8) is 0 Å². The number of hydrogen-bond acceptors (Lipinski definition) is 6. The van der Waals surface area contributed by atoms with E-state index in [0.717, 1.165) is 32.1 Å². The molecule has 0 rings (SSSR count). The molecule has 0 amide bonds. The molecule has 0 heterocycles. The third-order valence-corrected chi connectivity index (χ3v) is 9.52. The van der Waals surface area contributed by atoms with Gasteiger partial charge in [0.2, 0.25) is 0 Å². The molecule has 0 aromatic carbocycles. The van der Waals surface area contributed by atoms with Crippen LogP contribution in [0.2, 0.25) is 0 Å². The Balaban J connectivity index is 3.89. The van der Waals surface area contributed by atoms with E-state index in [9.17, 15) is 14.2 Å². The van der Waals surface area contributed by atoms with Gasteiger partial charge in [-0.3, -0.25) is 14.1 Å². The summed E-state index contributed by atoms with van der Waals surface area (Å²) < 4.78 is 26.4. The highest BCUT2D eigenvalue weighted by molar-refractivity contribution is 7.46. The Labute approximate surface area is 301 Å². The van der Waals surface area contributed by atoms with Crippen LogP contribution >= 0.6 is 7.82 Å². The molecule has 0 spiro atoms. The number of carbonyl (C=O) groups is 2. The zero-order chi connectivity index (χ0) is 36.1. The highest BCUT2D eigenvalue weighted by atomic mass is 31.2. The number of ether oxygens (including phenoxy) is 2. The number of rotatable bonds is 38. The molecule has 0 aromatic rings. The molecule has 2 N–H and O–H groups in total. The molecule has 9 heteroatoms. The van der Waals surface area contributed by atoms with Crippen LogP contribution in [0.4, 0.5) is 0 Å². The van der Waals surface area contributed by atoms with Gasteiger partial charge in [-0.2, -0.15) is 0 Å². The minimum absolute atomic E-state index is 0.218. The number of phosphoric ester groups is 1. The Bertz CT molecular complexity index is 812. The quantitative estimate of drug-likeness (QED) is 0.0280. The molecule has 0 aromatic heterocycles. The molecule has 0 saturated carbocycles. The molecule has 0 bridgehead atoms. The molecule has 0 fully saturated rings. The predicted octanol–water partition coefficient (Wildman–Crippen LogP) is 12.2. The third kappa shape index (κ3) is 39.4. The van der Waals surface area contributed by atoms with E-state index in [2.05, 4.69) is 30.5 Å². The maximum Gasteiger partial charge on any atom is 0.469 e. The Morgan fingerprint density at radius 3 is 1.31 bits per heavy atom. The lowest BCUT2D eigenvalue weighted by atomic mass is 10.0. The summed E-state index contributed by atoms with van der Waals surface area (Å²) in [5.41, 5.74) is 0. The first-order valence-corrected chi connectivity index (χ1v) is 22.0. The zero-order valence-corrected chi connectivity index (χ0v) is 32.8. The summed E-state index contributed by atoms with van der Waals surface area (Å²) in [6.45, 7) is 3.67. The van der Waals surface area contributed by atoms with Gasteiger partial charge in [0.25, 0.3) is 0 Å². The lowest BCUT2D eigenvalue weighted by Crippen LogP contribution is -2.29. The molecular weight excluding hydrogens is 639 g/mol. The summed E-state index contributed by atoms with van der Waals surface area (Å²) in [5, 5.41) is 0. The maximum absolute atomic E-state index is 12.4. The SMILES string of the molecule is CCCC/C=C/CCCCCCCCCCCC(=O)OC[C@H](COP(=O)(O)O)OC(=O)CCCCCCCCCCCCCCCCCC. The van der Waals surface area contributed by atoms with E-state index in [1.54, 1.807) is 0 Å². The molecule has 0 aliphatic heterocycles. The van der Waals surface area contributed by atoms with Crippen molar-refractivity contribution in [2.45, 2.75) is 219 Å². The van der Waals surface area contributed by atoms with Crippen LogP contribution in [-0.4, -0.2) is 41.0 Å². The van der Waals surface area contributed by atoms with Crippen LogP contribution in [0.15, 0.2) is 12.2 Å². The summed E-state index contributed by atoms with van der Waals surface area (Å²) in [6, 6.07) is 0. The number of allylic oxidation sites excluding steroid dienone is 2. The van der Waals surface area contributed by atoms with E-state index in [1.165, 1.54) is 148 Å². The van der Waals surface area contributed by atoms with Gasteiger partial charge in [-0.05, 0) is 32.1 Å². The van der Waals surface area contributed by atoms with Gasteiger partial charge in [0.05, 0.1) is 6.61 Å². The number of carbonyl (C=O) groups excluding carboxylic acids is 2. The molecule has 0 aliphatic rings. The number of esters is 2. The fraction of sp³-hybridized carbons (Fsp3) is 0.900. The van der Waals surface area contributed by atoms with E-state index in [0.29, 0.717) is 6.42 Å². The zero-order valence-electron chi connectivity index (χ0n) is 31.9. The van der Waals surface area contributed by atoms with E-state index in [-0.39, 0.29) is 19.4 Å². The minimum Gasteiger partial charge on any atom is -0.462 e. The lowest BCUT2D eigenvalue weighted by molar-refractivity contribution is -0.161. The summed E-state index contributed by atoms with van der Waals surface area (Å²) in [6.07, 6.45) is 39.3. The van der Waals surface area contributed by atoms with Crippen molar-refractivity contribution in [1.29, 1.82) is 0 Å². The van der Waals surface area contributed by atoms with Crippen molar-refractivity contribution in [2.24, 2.45) is 0 Å². The van der Waals surface area contributed by atoms with Gasteiger partial charge in [0, 0.05) is 12.8 Å². The van der Waals surface area contributed by atoms with Crippen LogP contribution in [0.25, 0.3) is 0 Å². The van der Waals surface area contributed by atoms with Crippen molar-refractivity contribution >= 4 is 19.8 Å². The second-order valence-electron chi connectivity index (χ2n) is 14.0. The largest absolute Gasteiger partial charge is 0.469 e. The number of unbranched alkanes of at least 4 members (excludes halogenated alkanes) is 26. The molecule has 0 aliphatic carbocycles. The van der Waals surface area contributed by atoms with Crippen molar-refractivity contribution in [3.8, 4) is 0 Å². The second kappa shape index (κ2) is 36.6. The van der Waals surface area contributed by atoms with E-state index in [4.69, 9.17) is 19.3 Å². The van der Waals surface area contributed by atoms with Crippen molar-refractivity contribution in [3.05, 3.63) is 12.2 Å². The first-order chi connectivity index (χ1) is 23.8. The van der Waals surface area contributed by atoms with Crippen LogP contribution in [0, 0.1) is 0 Å². The van der Waals surface area contributed by atoms with E-state index < -0.39 is 32.5 Å². The second-order valence-corrected chi connectivity index (χ2v) is 15.2. The fourth-order valence-electron chi connectivity index (χ4n) is 5.94. The molecule has 8 nitrogen and oxygen atoms in total. The van der Waals surface area contributed by atoms with Crippen molar-refractivity contribution in [2.75, 3.05) is 13.2 Å². The van der Waals surface area contributed by atoms with Gasteiger partial charge in [0.15, 0.2) is 6.10 Å². The first-order valence-electron chi connectivity index (χ1n) is 20.5. The predicted molar refractivity (Wildman–Crippen MR) is 202 cm³/mol. The molecule has 0 radical (unpaired) electrons. The summed E-state index contributed by atoms with van der Waals surface area (Å²) in [7, 11) is -4.75. The number of phosphoric acid groups is 1. The van der Waals surface area contributed by atoms with E-state index >= 15 is 0 Å². The Morgan fingerprint density at radius 2 is 0.878 bits per heavy atom.